The summed E-state index contributed by atoms with van der Waals surface area (Å²) in [6.07, 6.45) is 0.657. The van der Waals surface area contributed by atoms with Crippen LogP contribution in [0.25, 0.3) is 0 Å². The monoisotopic (exact) mass is 318 g/mol. The van der Waals surface area contributed by atoms with E-state index in [1.54, 1.807) is 6.07 Å². The van der Waals surface area contributed by atoms with Gasteiger partial charge in [-0.2, -0.15) is 0 Å². The van der Waals surface area contributed by atoms with Gasteiger partial charge in [-0.15, -0.1) is 11.3 Å². The molecule has 2 atom stereocenters. The number of rotatable bonds is 6. The molecule has 0 amide bonds. The molecule has 1 fully saturated rings. The van der Waals surface area contributed by atoms with Gasteiger partial charge in [0.2, 0.25) is 10.0 Å². The highest BCUT2D eigenvalue weighted by molar-refractivity contribution is 7.89. The standard InChI is InChI=1S/C13H22N2O3S2/c1-9(2)14-8-12-13(5-7-19-12)20(16,17)15-11-4-6-18-10(11)3/h5,7,9-11,14-15H,4,6,8H2,1-3H3. The van der Waals surface area contributed by atoms with Crippen LogP contribution in [0.3, 0.4) is 0 Å². The molecule has 2 heterocycles. The lowest BCUT2D eigenvalue weighted by Crippen LogP contribution is -2.39. The van der Waals surface area contributed by atoms with Crippen LogP contribution in [-0.4, -0.2) is 33.2 Å². The number of hydrogen-bond acceptors (Lipinski definition) is 5. The van der Waals surface area contributed by atoms with Crippen molar-refractivity contribution in [3.8, 4) is 0 Å². The summed E-state index contributed by atoms with van der Waals surface area (Å²) in [5.41, 5.74) is 0. The Morgan fingerprint density at radius 2 is 2.25 bits per heavy atom. The zero-order chi connectivity index (χ0) is 14.8. The molecule has 114 valence electrons. The number of thiophene rings is 1. The van der Waals surface area contributed by atoms with Crippen molar-refractivity contribution in [1.82, 2.24) is 10.0 Å². The molecule has 0 radical (unpaired) electrons. The summed E-state index contributed by atoms with van der Waals surface area (Å²) in [6.45, 7) is 7.16. The Morgan fingerprint density at radius 1 is 1.50 bits per heavy atom. The highest BCUT2D eigenvalue weighted by Gasteiger charge is 2.30. The van der Waals surface area contributed by atoms with E-state index in [0.717, 1.165) is 11.3 Å². The largest absolute Gasteiger partial charge is 0.377 e. The highest BCUT2D eigenvalue weighted by atomic mass is 32.2. The molecule has 0 aromatic carbocycles. The van der Waals surface area contributed by atoms with Gasteiger partial charge in [-0.25, -0.2) is 13.1 Å². The molecule has 0 bridgehead atoms. The molecule has 7 heteroatoms. The third kappa shape index (κ3) is 3.79. The Bertz CT molecular complexity index is 540. The van der Waals surface area contributed by atoms with Crippen LogP contribution in [0, 0.1) is 0 Å². The number of nitrogens with one attached hydrogen (secondary N) is 2. The smallest absolute Gasteiger partial charge is 0.242 e. The van der Waals surface area contributed by atoms with E-state index in [4.69, 9.17) is 4.74 Å². The maximum Gasteiger partial charge on any atom is 0.242 e. The zero-order valence-electron chi connectivity index (χ0n) is 12.0. The second-order valence-electron chi connectivity index (χ2n) is 5.34. The average molecular weight is 318 g/mol. The zero-order valence-corrected chi connectivity index (χ0v) is 13.7. The van der Waals surface area contributed by atoms with Crippen LogP contribution in [0.5, 0.6) is 0 Å². The molecule has 0 aliphatic carbocycles. The Balaban J connectivity index is 2.11. The van der Waals surface area contributed by atoms with Crippen LogP contribution in [0.4, 0.5) is 0 Å². The fourth-order valence-corrected chi connectivity index (χ4v) is 4.88. The summed E-state index contributed by atoms with van der Waals surface area (Å²) in [5, 5.41) is 5.08. The molecule has 5 nitrogen and oxygen atoms in total. The summed E-state index contributed by atoms with van der Waals surface area (Å²) in [7, 11) is -3.47. The van der Waals surface area contributed by atoms with Gasteiger partial charge in [-0.05, 0) is 24.8 Å². The highest BCUT2D eigenvalue weighted by Crippen LogP contribution is 2.24. The van der Waals surface area contributed by atoms with Crippen molar-refractivity contribution in [2.45, 2.75) is 56.8 Å². The molecule has 1 aromatic heterocycles. The minimum Gasteiger partial charge on any atom is -0.377 e. The predicted octanol–water partition coefficient (Wildman–Crippen LogP) is 1.70. The van der Waals surface area contributed by atoms with Crippen molar-refractivity contribution in [3.63, 3.8) is 0 Å². The van der Waals surface area contributed by atoms with Crippen molar-refractivity contribution in [3.05, 3.63) is 16.3 Å². The SMILES string of the molecule is CC(C)NCc1sccc1S(=O)(=O)NC1CCOC1C. The normalized spacial score (nSPS) is 23.6. The van der Waals surface area contributed by atoms with Crippen molar-refractivity contribution in [1.29, 1.82) is 0 Å². The summed E-state index contributed by atoms with van der Waals surface area (Å²) >= 11 is 1.46. The molecule has 2 N–H and O–H groups in total. The lowest BCUT2D eigenvalue weighted by molar-refractivity contribution is 0.117. The predicted molar refractivity (Wildman–Crippen MR) is 80.4 cm³/mol. The minimum atomic E-state index is -3.47. The van der Waals surface area contributed by atoms with Crippen LogP contribution in [0.1, 0.15) is 32.1 Å². The molecule has 1 saturated heterocycles. The van der Waals surface area contributed by atoms with Gasteiger partial charge in [0.1, 0.15) is 0 Å². The maximum atomic E-state index is 12.5. The molecular weight excluding hydrogens is 296 g/mol. The first-order valence-electron chi connectivity index (χ1n) is 6.84. The van der Waals surface area contributed by atoms with Gasteiger partial charge in [0.05, 0.1) is 17.0 Å². The van der Waals surface area contributed by atoms with E-state index in [-0.39, 0.29) is 12.1 Å². The van der Waals surface area contributed by atoms with Gasteiger partial charge in [0, 0.05) is 24.1 Å². The van der Waals surface area contributed by atoms with E-state index < -0.39 is 10.0 Å². The van der Waals surface area contributed by atoms with Crippen molar-refractivity contribution in [2.24, 2.45) is 0 Å². The van der Waals surface area contributed by atoms with Gasteiger partial charge in [-0.1, -0.05) is 13.8 Å². The molecular formula is C13H22N2O3S2. The summed E-state index contributed by atoms with van der Waals surface area (Å²) < 4.78 is 33.1. The van der Waals surface area contributed by atoms with Crippen LogP contribution in [0.2, 0.25) is 0 Å². The first-order valence-corrected chi connectivity index (χ1v) is 9.20. The third-order valence-electron chi connectivity index (χ3n) is 3.35. The number of ether oxygens (including phenoxy) is 1. The first-order chi connectivity index (χ1) is 9.40. The first kappa shape index (κ1) is 15.9. The van der Waals surface area contributed by atoms with E-state index in [1.165, 1.54) is 11.3 Å². The van der Waals surface area contributed by atoms with Gasteiger partial charge in [-0.3, -0.25) is 0 Å². The average Bonchev–Trinajstić information content (AvgIpc) is 2.96. The van der Waals surface area contributed by atoms with E-state index in [2.05, 4.69) is 10.0 Å². The van der Waals surface area contributed by atoms with E-state index in [9.17, 15) is 8.42 Å². The fraction of sp³-hybridized carbons (Fsp3) is 0.692. The lowest BCUT2D eigenvalue weighted by Gasteiger charge is -2.16. The van der Waals surface area contributed by atoms with Crippen molar-refractivity contribution < 1.29 is 13.2 Å². The topological polar surface area (TPSA) is 67.4 Å². The second kappa shape index (κ2) is 6.53. The second-order valence-corrected chi connectivity index (χ2v) is 8.02. The fourth-order valence-electron chi connectivity index (χ4n) is 2.14. The van der Waals surface area contributed by atoms with Crippen LogP contribution in [-0.2, 0) is 21.3 Å². The lowest BCUT2D eigenvalue weighted by atomic mass is 10.2. The van der Waals surface area contributed by atoms with Crippen molar-refractivity contribution >= 4 is 21.4 Å². The van der Waals surface area contributed by atoms with Crippen LogP contribution in [0.15, 0.2) is 16.3 Å². The minimum absolute atomic E-state index is 0.0688. The Kier molecular flexibility index (Phi) is 5.19. The molecule has 1 aliphatic rings. The molecule has 2 unspecified atom stereocenters. The van der Waals surface area contributed by atoms with E-state index >= 15 is 0 Å². The summed E-state index contributed by atoms with van der Waals surface area (Å²) in [4.78, 5) is 1.23. The molecule has 20 heavy (non-hydrogen) atoms. The Labute approximate surface area is 124 Å². The van der Waals surface area contributed by atoms with E-state index in [1.807, 2.05) is 26.2 Å². The number of sulfonamides is 1. The van der Waals surface area contributed by atoms with Gasteiger partial charge >= 0.3 is 0 Å². The summed E-state index contributed by atoms with van der Waals surface area (Å²) in [6, 6.07) is 1.86. The van der Waals surface area contributed by atoms with E-state index in [0.29, 0.717) is 24.1 Å². The maximum absolute atomic E-state index is 12.5. The number of hydrogen-bond donors (Lipinski definition) is 2. The van der Waals surface area contributed by atoms with Gasteiger partial charge in [0.25, 0.3) is 0 Å². The van der Waals surface area contributed by atoms with Crippen LogP contribution >= 0.6 is 11.3 Å². The Morgan fingerprint density at radius 3 is 2.85 bits per heavy atom. The molecule has 0 spiro atoms. The third-order valence-corrected chi connectivity index (χ3v) is 5.97. The molecule has 1 aromatic rings. The molecule has 0 saturated carbocycles. The summed E-state index contributed by atoms with van der Waals surface area (Å²) in [5.74, 6) is 0. The van der Waals surface area contributed by atoms with Crippen LogP contribution < -0.4 is 10.0 Å². The van der Waals surface area contributed by atoms with Gasteiger partial charge in [0.15, 0.2) is 0 Å². The van der Waals surface area contributed by atoms with Gasteiger partial charge < -0.3 is 10.1 Å². The molecule has 1 aliphatic heterocycles. The Hall–Kier alpha value is -0.470. The van der Waals surface area contributed by atoms with Crippen molar-refractivity contribution in [2.75, 3.05) is 6.61 Å². The quantitative estimate of drug-likeness (QED) is 0.838. The molecule has 2 rings (SSSR count).